The average molecular weight is 334 g/mol. The minimum atomic E-state index is -4.72. The summed E-state index contributed by atoms with van der Waals surface area (Å²) in [7, 11) is -4.40. The normalized spacial score (nSPS) is 12.9. The van der Waals surface area contributed by atoms with Crippen LogP contribution in [0.5, 0.6) is 0 Å². The Morgan fingerprint density at radius 2 is 1.80 bits per heavy atom. The van der Waals surface area contributed by atoms with Crippen molar-refractivity contribution in [1.82, 2.24) is 4.72 Å². The third kappa shape index (κ3) is 4.06. The van der Waals surface area contributed by atoms with Gasteiger partial charge in [-0.3, -0.25) is 0 Å². The number of rotatable bonds is 5. The SMILES string of the molecule is O=S(=O)(NC(CO)CO)c1cc(C(F)(F)F)ccc1Cl. The number of aliphatic hydroxyl groups excluding tert-OH is 2. The zero-order valence-electron chi connectivity index (χ0n) is 9.85. The minimum Gasteiger partial charge on any atom is -0.395 e. The van der Waals surface area contributed by atoms with Gasteiger partial charge in [-0.1, -0.05) is 11.6 Å². The summed E-state index contributed by atoms with van der Waals surface area (Å²) in [6.45, 7) is -1.43. The topological polar surface area (TPSA) is 86.6 Å². The predicted octanol–water partition coefficient (Wildman–Crippen LogP) is 0.990. The van der Waals surface area contributed by atoms with Gasteiger partial charge in [0.05, 0.1) is 29.8 Å². The molecule has 5 nitrogen and oxygen atoms in total. The van der Waals surface area contributed by atoms with Crippen LogP contribution in [0.25, 0.3) is 0 Å². The van der Waals surface area contributed by atoms with Crippen LogP contribution in [-0.4, -0.2) is 37.9 Å². The van der Waals surface area contributed by atoms with Crippen molar-refractivity contribution < 1.29 is 31.8 Å². The standard InChI is InChI=1S/C10H11ClF3NO4S/c11-8-2-1-6(10(12,13)14)3-9(8)20(18,19)15-7(4-16)5-17/h1-3,7,15-17H,4-5H2. The van der Waals surface area contributed by atoms with E-state index in [0.29, 0.717) is 12.1 Å². The molecule has 0 bridgehead atoms. The quantitative estimate of drug-likeness (QED) is 0.750. The highest BCUT2D eigenvalue weighted by Crippen LogP contribution is 2.33. The van der Waals surface area contributed by atoms with Gasteiger partial charge in [-0.05, 0) is 18.2 Å². The van der Waals surface area contributed by atoms with E-state index in [1.807, 2.05) is 4.72 Å². The molecular weight excluding hydrogens is 323 g/mol. The van der Waals surface area contributed by atoms with Crippen LogP contribution in [0.2, 0.25) is 5.02 Å². The maximum absolute atomic E-state index is 12.5. The van der Waals surface area contributed by atoms with Crippen molar-refractivity contribution >= 4 is 21.6 Å². The molecule has 114 valence electrons. The Bertz CT molecular complexity index is 572. The molecule has 0 aliphatic rings. The number of halogens is 4. The van der Waals surface area contributed by atoms with E-state index in [1.165, 1.54) is 0 Å². The second-order valence-electron chi connectivity index (χ2n) is 3.83. The fourth-order valence-corrected chi connectivity index (χ4v) is 3.04. The molecule has 0 heterocycles. The molecule has 0 aliphatic heterocycles. The molecule has 0 unspecified atom stereocenters. The summed E-state index contributed by atoms with van der Waals surface area (Å²) in [5, 5.41) is 17.2. The maximum Gasteiger partial charge on any atom is 0.416 e. The Balaban J connectivity index is 3.24. The van der Waals surface area contributed by atoms with E-state index in [-0.39, 0.29) is 0 Å². The van der Waals surface area contributed by atoms with E-state index in [4.69, 9.17) is 21.8 Å². The molecule has 1 rings (SSSR count). The summed E-state index contributed by atoms with van der Waals surface area (Å²) in [6, 6.07) is 0.616. The van der Waals surface area contributed by atoms with Crippen LogP contribution in [0.3, 0.4) is 0 Å². The Morgan fingerprint density at radius 1 is 1.25 bits per heavy atom. The molecule has 20 heavy (non-hydrogen) atoms. The van der Waals surface area contributed by atoms with Crippen molar-refractivity contribution in [3.8, 4) is 0 Å². The molecule has 0 amide bonds. The van der Waals surface area contributed by atoms with Crippen LogP contribution in [0.1, 0.15) is 5.56 Å². The Hall–Kier alpha value is -0.870. The van der Waals surface area contributed by atoms with E-state index in [2.05, 4.69) is 0 Å². The van der Waals surface area contributed by atoms with Crippen molar-refractivity contribution in [1.29, 1.82) is 0 Å². The van der Waals surface area contributed by atoms with Gasteiger partial charge in [-0.25, -0.2) is 13.1 Å². The third-order valence-corrected chi connectivity index (χ3v) is 4.31. The smallest absolute Gasteiger partial charge is 0.395 e. The van der Waals surface area contributed by atoms with E-state index < -0.39 is 50.9 Å². The highest BCUT2D eigenvalue weighted by atomic mass is 35.5. The first kappa shape index (κ1) is 17.2. The Kier molecular flexibility index (Phi) is 5.39. The van der Waals surface area contributed by atoms with Gasteiger partial charge in [0, 0.05) is 0 Å². The zero-order valence-corrected chi connectivity index (χ0v) is 11.4. The molecule has 0 saturated heterocycles. The lowest BCUT2D eigenvalue weighted by Crippen LogP contribution is -2.40. The average Bonchev–Trinajstić information content (AvgIpc) is 2.34. The zero-order chi connectivity index (χ0) is 15.6. The van der Waals surface area contributed by atoms with E-state index >= 15 is 0 Å². The molecule has 1 aromatic rings. The van der Waals surface area contributed by atoms with Crippen molar-refractivity contribution in [3.05, 3.63) is 28.8 Å². The second-order valence-corrected chi connectivity index (χ2v) is 5.92. The number of alkyl halides is 3. The first-order chi connectivity index (χ1) is 9.11. The molecule has 0 atom stereocenters. The number of aliphatic hydroxyl groups is 2. The fourth-order valence-electron chi connectivity index (χ4n) is 1.30. The van der Waals surface area contributed by atoms with E-state index in [9.17, 15) is 21.6 Å². The number of hydrogen-bond donors (Lipinski definition) is 3. The van der Waals surface area contributed by atoms with Crippen LogP contribution in [-0.2, 0) is 16.2 Å². The Labute approximate surface area is 118 Å². The van der Waals surface area contributed by atoms with Gasteiger partial charge in [0.1, 0.15) is 4.90 Å². The molecule has 0 spiro atoms. The summed E-state index contributed by atoms with van der Waals surface area (Å²) in [4.78, 5) is -0.777. The van der Waals surface area contributed by atoms with Crippen LogP contribution >= 0.6 is 11.6 Å². The molecular formula is C10H11ClF3NO4S. The lowest BCUT2D eigenvalue weighted by atomic mass is 10.2. The maximum atomic E-state index is 12.5. The molecule has 0 aromatic heterocycles. The number of hydrogen-bond acceptors (Lipinski definition) is 4. The largest absolute Gasteiger partial charge is 0.416 e. The lowest BCUT2D eigenvalue weighted by molar-refractivity contribution is -0.137. The number of benzene rings is 1. The summed E-state index contributed by atoms with van der Waals surface area (Å²) in [6.07, 6.45) is -4.72. The number of sulfonamides is 1. The fraction of sp³-hybridized carbons (Fsp3) is 0.400. The first-order valence-electron chi connectivity index (χ1n) is 5.22. The molecule has 10 heteroatoms. The highest BCUT2D eigenvalue weighted by Gasteiger charge is 2.33. The Morgan fingerprint density at radius 3 is 2.25 bits per heavy atom. The number of nitrogens with one attached hydrogen (secondary N) is 1. The van der Waals surface area contributed by atoms with Gasteiger partial charge >= 0.3 is 6.18 Å². The molecule has 0 radical (unpaired) electrons. The third-order valence-electron chi connectivity index (χ3n) is 2.31. The van der Waals surface area contributed by atoms with E-state index in [0.717, 1.165) is 6.07 Å². The van der Waals surface area contributed by atoms with Crippen LogP contribution in [0, 0.1) is 0 Å². The van der Waals surface area contributed by atoms with Crippen LogP contribution < -0.4 is 4.72 Å². The van der Waals surface area contributed by atoms with Gasteiger partial charge < -0.3 is 10.2 Å². The van der Waals surface area contributed by atoms with Crippen LogP contribution in [0.15, 0.2) is 23.1 Å². The van der Waals surface area contributed by atoms with Crippen molar-refractivity contribution in [2.45, 2.75) is 17.1 Å². The van der Waals surface area contributed by atoms with Gasteiger partial charge in [-0.15, -0.1) is 0 Å². The second kappa shape index (κ2) is 6.27. The summed E-state index contributed by atoms with van der Waals surface area (Å²) < 4.78 is 63.2. The molecule has 0 aliphatic carbocycles. The van der Waals surface area contributed by atoms with Gasteiger partial charge in [-0.2, -0.15) is 13.2 Å². The van der Waals surface area contributed by atoms with Crippen LogP contribution in [0.4, 0.5) is 13.2 Å². The lowest BCUT2D eigenvalue weighted by Gasteiger charge is -2.15. The molecule has 3 N–H and O–H groups in total. The highest BCUT2D eigenvalue weighted by molar-refractivity contribution is 7.89. The molecule has 0 fully saturated rings. The predicted molar refractivity (Wildman–Crippen MR) is 64.7 cm³/mol. The molecule has 0 saturated carbocycles. The van der Waals surface area contributed by atoms with Gasteiger partial charge in [0.2, 0.25) is 10.0 Å². The van der Waals surface area contributed by atoms with Crippen molar-refractivity contribution in [3.63, 3.8) is 0 Å². The first-order valence-corrected chi connectivity index (χ1v) is 7.08. The molecule has 1 aromatic carbocycles. The van der Waals surface area contributed by atoms with E-state index in [1.54, 1.807) is 0 Å². The van der Waals surface area contributed by atoms with Gasteiger partial charge in [0.25, 0.3) is 0 Å². The minimum absolute atomic E-state index is 0.385. The summed E-state index contributed by atoms with van der Waals surface area (Å²) in [5.41, 5.74) is -1.17. The van der Waals surface area contributed by atoms with Crippen molar-refractivity contribution in [2.75, 3.05) is 13.2 Å². The van der Waals surface area contributed by atoms with Crippen molar-refractivity contribution in [2.24, 2.45) is 0 Å². The summed E-state index contributed by atoms with van der Waals surface area (Å²) >= 11 is 5.59. The van der Waals surface area contributed by atoms with Gasteiger partial charge in [0.15, 0.2) is 0 Å². The summed E-state index contributed by atoms with van der Waals surface area (Å²) in [5.74, 6) is 0. The monoisotopic (exact) mass is 333 g/mol.